The van der Waals surface area contributed by atoms with Crippen LogP contribution in [0.2, 0.25) is 32.2 Å². The van der Waals surface area contributed by atoms with Gasteiger partial charge in [-0.05, 0) is 88.0 Å². The highest BCUT2D eigenvalue weighted by atomic mass is 32.2. The lowest BCUT2D eigenvalue weighted by Crippen LogP contribution is -2.54. The highest BCUT2D eigenvalue weighted by Crippen LogP contribution is 2.35. The van der Waals surface area contributed by atoms with Crippen molar-refractivity contribution in [1.82, 2.24) is 30.0 Å². The van der Waals surface area contributed by atoms with Crippen molar-refractivity contribution < 1.29 is 70.7 Å². The maximum atomic E-state index is 14.6. The lowest BCUT2D eigenvalue weighted by Gasteiger charge is -2.41. The molecular formula is C67H117N9O15SSi2. The van der Waals surface area contributed by atoms with Gasteiger partial charge in [0.05, 0.1) is 116 Å². The minimum atomic E-state index is -2.28. The number of amides is 3. The Morgan fingerprint density at radius 1 is 0.745 bits per heavy atom. The molecule has 0 saturated carbocycles. The summed E-state index contributed by atoms with van der Waals surface area (Å²) in [6, 6.07) is 8.98. The van der Waals surface area contributed by atoms with Crippen LogP contribution in [-0.2, 0) is 72.5 Å². The molecule has 1 aliphatic heterocycles. The van der Waals surface area contributed by atoms with E-state index < -0.39 is 64.8 Å². The van der Waals surface area contributed by atoms with Crippen LogP contribution in [0.3, 0.4) is 0 Å². The summed E-state index contributed by atoms with van der Waals surface area (Å²) in [5.41, 5.74) is 9.86. The number of benzene rings is 1. The molecule has 2 aromatic rings. The molecular weight excluding hydrogens is 1260 g/mol. The van der Waals surface area contributed by atoms with Crippen molar-refractivity contribution in [3.05, 3.63) is 64.3 Å². The zero-order valence-electron chi connectivity index (χ0n) is 59.8. The van der Waals surface area contributed by atoms with E-state index in [0.717, 1.165) is 29.3 Å². The normalized spacial score (nSPS) is 16.6. The third kappa shape index (κ3) is 30.5. The molecule has 0 aliphatic carbocycles. The fraction of sp³-hybridized carbons (Fsp3) is 0.776. The number of azide groups is 1. The number of carbonyl (C=O) groups is 5. The fourth-order valence-corrected chi connectivity index (χ4v) is 22.2. The minimum Gasteiger partial charge on any atom is -0.455 e. The Morgan fingerprint density at radius 2 is 1.32 bits per heavy atom. The number of aromatic nitrogens is 2. The van der Waals surface area contributed by atoms with Crippen LogP contribution >= 0.6 is 11.8 Å². The molecule has 2 heterocycles. The van der Waals surface area contributed by atoms with Crippen molar-refractivity contribution in [3.8, 4) is 0 Å². The van der Waals surface area contributed by atoms with E-state index >= 15 is 0 Å². The van der Waals surface area contributed by atoms with E-state index in [1.54, 1.807) is 50.3 Å². The first kappa shape index (κ1) is 83.8. The molecule has 3 amide bonds. The number of nitrogens with zero attached hydrogens (tertiary/aromatic N) is 8. The zero-order chi connectivity index (χ0) is 69.8. The second-order valence-corrected chi connectivity index (χ2v) is 36.8. The Kier molecular flexibility index (Phi) is 40.3. The van der Waals surface area contributed by atoms with Gasteiger partial charge in [0, 0.05) is 99.7 Å². The molecule has 1 aromatic heterocycles. The van der Waals surface area contributed by atoms with Crippen LogP contribution < -0.4 is 5.32 Å². The summed E-state index contributed by atoms with van der Waals surface area (Å²) >= 11 is 1.57. The first-order valence-corrected chi connectivity index (χ1v) is 40.9. The number of hydrogen-bond donors (Lipinski definition) is 1. The Morgan fingerprint density at radius 3 is 1.84 bits per heavy atom. The number of likely N-dealkylation sites (N-methyl/N-ethyl adjacent to an activating group) is 2. The largest absolute Gasteiger partial charge is 0.455 e. The van der Waals surface area contributed by atoms with Gasteiger partial charge in [-0.1, -0.05) is 109 Å². The van der Waals surface area contributed by atoms with Gasteiger partial charge in [0.15, 0.2) is 27.6 Å². The van der Waals surface area contributed by atoms with E-state index in [-0.39, 0.29) is 72.5 Å². The quantitative estimate of drug-likeness (QED) is 0.0123. The number of rotatable bonds is 51. The Labute approximate surface area is 568 Å². The van der Waals surface area contributed by atoms with Crippen LogP contribution in [0.4, 0.5) is 4.79 Å². The number of alkyl carbamates (subject to hydrolysis) is 1. The van der Waals surface area contributed by atoms with Crippen molar-refractivity contribution in [2.24, 2.45) is 40.6 Å². The van der Waals surface area contributed by atoms with E-state index in [2.05, 4.69) is 65.3 Å². The number of likely N-dealkylation sites (tertiary alicyclic amines) is 1. The number of hydrogen-bond acceptors (Lipinski definition) is 20. The third-order valence-electron chi connectivity index (χ3n) is 17.1. The van der Waals surface area contributed by atoms with Gasteiger partial charge in [-0.2, -0.15) is 0 Å². The molecule has 94 heavy (non-hydrogen) atoms. The van der Waals surface area contributed by atoms with Crippen LogP contribution in [0, 0.1) is 35.5 Å². The summed E-state index contributed by atoms with van der Waals surface area (Å²) < 4.78 is 58.5. The number of nitrogens with one attached hydrogen (secondary N) is 1. The van der Waals surface area contributed by atoms with E-state index in [1.165, 1.54) is 0 Å². The zero-order valence-corrected chi connectivity index (χ0v) is 62.7. The molecule has 1 fully saturated rings. The molecule has 1 aliphatic rings. The van der Waals surface area contributed by atoms with Gasteiger partial charge in [0.25, 0.3) is 0 Å². The molecule has 1 saturated heterocycles. The summed E-state index contributed by atoms with van der Waals surface area (Å²) in [7, 11) is 4.24. The van der Waals surface area contributed by atoms with E-state index in [0.29, 0.717) is 117 Å². The van der Waals surface area contributed by atoms with Gasteiger partial charge in [0.1, 0.15) is 11.9 Å². The molecule has 0 bridgehead atoms. The van der Waals surface area contributed by atoms with Crippen LogP contribution in [-0.4, -0.2) is 234 Å². The highest BCUT2D eigenvalue weighted by molar-refractivity contribution is 8.00. The standard InChI is InChI=1S/C67H117N9O15SSi2/c1-18-50(6)62(75(11)65(80)55(48(2)3)42-58(78)61(49(4)5)74(9)10)59(82-12)43-60(79)76-28-22-25-56(76)64(83-13)52(8)57(77)41-51(7)63(54-23-20-19-21-24-54)90-67(81)69-27-40-93(14,15)91-94(16,17)47-92-66-70-44-53(45-71-66)46-89-39-38-88-37-36-87-35-34-86-33-32-85-31-30-84-29-26-72-73-68/h19-21,23-24,44-45,48-52,55-56,59,61-64H,18,22,25-43,46-47H2,1-17H3,(H,69,81)/t50-,51-,52-,55-,56-,59+,61-,62-,63+,64+/m0/s1. The van der Waals surface area contributed by atoms with Crippen molar-refractivity contribution >= 4 is 57.9 Å². The van der Waals surface area contributed by atoms with Gasteiger partial charge in [-0.3, -0.25) is 24.1 Å². The molecule has 534 valence electrons. The van der Waals surface area contributed by atoms with Gasteiger partial charge < -0.3 is 61.9 Å². The van der Waals surface area contributed by atoms with Crippen molar-refractivity contribution in [1.29, 1.82) is 0 Å². The van der Waals surface area contributed by atoms with Crippen LogP contribution in [0.1, 0.15) is 111 Å². The summed E-state index contributed by atoms with van der Waals surface area (Å²) in [6.07, 6.45) is 3.35. The molecule has 24 nitrogen and oxygen atoms in total. The number of Topliss-reactive ketones (excluding diaryl/α,β-unsaturated/α-hetero) is 2. The average Bonchev–Trinajstić information content (AvgIpc) is 1.57. The monoisotopic (exact) mass is 1380 g/mol. The van der Waals surface area contributed by atoms with Crippen LogP contribution in [0.5, 0.6) is 0 Å². The molecule has 1 aromatic carbocycles. The number of ether oxygens (including phenoxy) is 9. The van der Waals surface area contributed by atoms with Gasteiger partial charge >= 0.3 is 6.09 Å². The van der Waals surface area contributed by atoms with Crippen molar-refractivity contribution in [2.45, 2.75) is 174 Å². The number of ketones is 2. The Bertz CT molecular complexity index is 2530. The first-order valence-electron chi connectivity index (χ1n) is 33.7. The smallest absolute Gasteiger partial charge is 0.407 e. The second kappa shape index (κ2) is 45.2. The van der Waals surface area contributed by atoms with E-state index in [4.69, 9.17) is 52.3 Å². The molecule has 1 N–H and O–H groups in total. The molecule has 0 radical (unpaired) electrons. The summed E-state index contributed by atoms with van der Waals surface area (Å²) in [5.74, 6) is -1.90. The van der Waals surface area contributed by atoms with Gasteiger partial charge in [-0.25, -0.2) is 14.8 Å². The molecule has 10 atom stereocenters. The SMILES string of the molecule is CC[C@H](C)[C@@H]([C@@H](CC(=O)N1CCC[C@H]1[C@H](OC)[C@@H](C)C(=O)C[C@H](C)[C@@H](OC(=O)NCC[Si](C)(C)O[Si](C)(C)CSc1ncc(COCCOCCOCCOCCOCCOCCN=[N+]=[N-])cn1)c1ccccc1)OC)N(C)C(=O)[C@@H](CC(=O)[C@H](C(C)C)N(C)C)C(C)C. The Balaban J connectivity index is 1.48. The number of carbonyl (C=O) groups excluding carboxylic acids is 5. The predicted molar refractivity (Wildman–Crippen MR) is 370 cm³/mol. The topological polar surface area (TPSA) is 274 Å². The lowest BCUT2D eigenvalue weighted by molar-refractivity contribution is -0.149. The average molecular weight is 1380 g/mol. The number of methoxy groups -OCH3 is 2. The van der Waals surface area contributed by atoms with E-state index in [1.807, 2.05) is 95.8 Å². The maximum Gasteiger partial charge on any atom is 0.407 e. The fourth-order valence-electron chi connectivity index (χ4n) is 12.2. The van der Waals surface area contributed by atoms with Crippen LogP contribution in [0.25, 0.3) is 10.4 Å². The lowest BCUT2D eigenvalue weighted by atomic mass is 9.83. The summed E-state index contributed by atoms with van der Waals surface area (Å²) in [4.78, 5) is 88.3. The predicted octanol–water partition coefficient (Wildman–Crippen LogP) is 10.2. The molecule has 27 heteroatoms. The molecule has 0 unspecified atom stereocenters. The van der Waals surface area contributed by atoms with Crippen LogP contribution in [0.15, 0.2) is 53.0 Å². The second-order valence-electron chi connectivity index (χ2n) is 26.7. The number of thioether (sulfide) groups is 1. The summed E-state index contributed by atoms with van der Waals surface area (Å²) in [6.45, 7) is 30.9. The molecule has 3 rings (SSSR count). The first-order chi connectivity index (χ1) is 44.7. The highest BCUT2D eigenvalue weighted by Gasteiger charge is 2.44. The molecule has 0 spiro atoms. The minimum absolute atomic E-state index is 0.0183. The van der Waals surface area contributed by atoms with Crippen molar-refractivity contribution in [3.63, 3.8) is 0 Å². The Hall–Kier alpha value is -4.46. The van der Waals surface area contributed by atoms with E-state index in [9.17, 15) is 24.0 Å². The third-order valence-corrected chi connectivity index (χ3v) is 26.8. The maximum absolute atomic E-state index is 14.6. The van der Waals surface area contributed by atoms with Gasteiger partial charge in [-0.15, -0.1) is 0 Å². The van der Waals surface area contributed by atoms with Crippen molar-refractivity contribution in [2.75, 3.05) is 133 Å². The van der Waals surface area contributed by atoms with Gasteiger partial charge in [0.2, 0.25) is 11.8 Å². The summed E-state index contributed by atoms with van der Waals surface area (Å²) in [5, 5.41) is 7.78.